The van der Waals surface area contributed by atoms with Crippen molar-refractivity contribution < 1.29 is 9.47 Å². The summed E-state index contributed by atoms with van der Waals surface area (Å²) in [6.07, 6.45) is 4.60. The number of hydrogen-bond donors (Lipinski definition) is 2. The molecule has 7 heteroatoms. The number of nitrogens with one attached hydrogen (secondary N) is 2. The van der Waals surface area contributed by atoms with E-state index < -0.39 is 0 Å². The maximum Gasteiger partial charge on any atom is 0.191 e. The van der Waals surface area contributed by atoms with E-state index in [0.717, 1.165) is 45.0 Å². The van der Waals surface area contributed by atoms with Gasteiger partial charge in [-0.25, -0.2) is 0 Å². The molecule has 1 aliphatic rings. The second kappa shape index (κ2) is 14.5. The van der Waals surface area contributed by atoms with E-state index in [-0.39, 0.29) is 24.0 Å². The molecule has 1 fully saturated rings. The van der Waals surface area contributed by atoms with Crippen LogP contribution in [0.4, 0.5) is 0 Å². The number of halogens is 1. The SMILES string of the molecule is CCNC(=NCC1(Sc2ccccc2)CC1)NCCCCOCCOC.I. The molecule has 5 nitrogen and oxygen atoms in total. The van der Waals surface area contributed by atoms with Crippen LogP contribution < -0.4 is 10.6 Å². The summed E-state index contributed by atoms with van der Waals surface area (Å²) < 4.78 is 10.7. The van der Waals surface area contributed by atoms with Crippen LogP contribution in [-0.4, -0.2) is 57.3 Å². The Morgan fingerprint density at radius 2 is 1.89 bits per heavy atom. The van der Waals surface area contributed by atoms with Crippen molar-refractivity contribution in [1.82, 2.24) is 10.6 Å². The minimum absolute atomic E-state index is 0. The van der Waals surface area contributed by atoms with E-state index in [1.807, 2.05) is 11.8 Å². The van der Waals surface area contributed by atoms with E-state index >= 15 is 0 Å². The van der Waals surface area contributed by atoms with Crippen molar-refractivity contribution in [3.8, 4) is 0 Å². The standard InChI is InChI=1S/C20H33N3O2S.HI/c1-3-21-19(22-13-7-8-14-25-16-15-24-2)23-17-20(11-12-20)26-18-9-5-4-6-10-18;/h4-6,9-10H,3,7-8,11-17H2,1-2H3,(H2,21,22,23);1H. The molecule has 1 saturated carbocycles. The molecule has 2 N–H and O–H groups in total. The Morgan fingerprint density at radius 3 is 2.56 bits per heavy atom. The molecular formula is C20H34IN3O2S. The lowest BCUT2D eigenvalue weighted by molar-refractivity contribution is 0.0689. The molecule has 27 heavy (non-hydrogen) atoms. The number of rotatable bonds is 13. The molecule has 0 unspecified atom stereocenters. The van der Waals surface area contributed by atoms with Crippen LogP contribution in [0.15, 0.2) is 40.2 Å². The van der Waals surface area contributed by atoms with Crippen molar-refractivity contribution in [2.45, 2.75) is 42.2 Å². The fourth-order valence-electron chi connectivity index (χ4n) is 2.52. The Labute approximate surface area is 185 Å². The largest absolute Gasteiger partial charge is 0.382 e. The molecule has 0 heterocycles. The summed E-state index contributed by atoms with van der Waals surface area (Å²) in [5, 5.41) is 6.78. The van der Waals surface area contributed by atoms with Crippen molar-refractivity contribution in [2.24, 2.45) is 4.99 Å². The van der Waals surface area contributed by atoms with E-state index in [2.05, 4.69) is 47.9 Å². The Morgan fingerprint density at radius 1 is 1.11 bits per heavy atom. The van der Waals surface area contributed by atoms with Gasteiger partial charge in [-0.2, -0.15) is 0 Å². The van der Waals surface area contributed by atoms with Gasteiger partial charge in [0.15, 0.2) is 5.96 Å². The molecule has 0 aromatic heterocycles. The molecule has 1 aromatic carbocycles. The summed E-state index contributed by atoms with van der Waals surface area (Å²) in [6, 6.07) is 10.6. The number of methoxy groups -OCH3 is 1. The first-order chi connectivity index (χ1) is 12.8. The van der Waals surface area contributed by atoms with Crippen molar-refractivity contribution in [3.05, 3.63) is 30.3 Å². The van der Waals surface area contributed by atoms with Crippen molar-refractivity contribution >= 4 is 41.7 Å². The van der Waals surface area contributed by atoms with E-state index in [1.165, 1.54) is 17.7 Å². The van der Waals surface area contributed by atoms with Gasteiger partial charge in [-0.3, -0.25) is 4.99 Å². The molecule has 1 aromatic rings. The molecule has 0 saturated heterocycles. The van der Waals surface area contributed by atoms with Gasteiger partial charge in [-0.15, -0.1) is 35.7 Å². The van der Waals surface area contributed by atoms with E-state index in [9.17, 15) is 0 Å². The second-order valence-corrected chi connectivity index (χ2v) is 8.07. The predicted octanol–water partition coefficient (Wildman–Crippen LogP) is 3.93. The molecule has 0 bridgehead atoms. The number of guanidine groups is 1. The average molecular weight is 507 g/mol. The highest BCUT2D eigenvalue weighted by atomic mass is 127. The lowest BCUT2D eigenvalue weighted by atomic mass is 10.3. The zero-order chi connectivity index (χ0) is 18.5. The van der Waals surface area contributed by atoms with Crippen LogP contribution >= 0.6 is 35.7 Å². The van der Waals surface area contributed by atoms with Crippen molar-refractivity contribution in [3.63, 3.8) is 0 Å². The highest BCUT2D eigenvalue weighted by Crippen LogP contribution is 2.51. The second-order valence-electron chi connectivity index (χ2n) is 6.53. The minimum Gasteiger partial charge on any atom is -0.382 e. The Balaban J connectivity index is 0.00000364. The van der Waals surface area contributed by atoms with Crippen molar-refractivity contribution in [1.29, 1.82) is 0 Å². The summed E-state index contributed by atoms with van der Waals surface area (Å²) in [5.74, 6) is 0.924. The fraction of sp³-hybridized carbons (Fsp3) is 0.650. The summed E-state index contributed by atoms with van der Waals surface area (Å²) >= 11 is 1.97. The van der Waals surface area contributed by atoms with Gasteiger partial charge in [0.25, 0.3) is 0 Å². The first-order valence-electron chi connectivity index (χ1n) is 9.61. The van der Waals surface area contributed by atoms with Crippen LogP contribution in [-0.2, 0) is 9.47 Å². The van der Waals surface area contributed by atoms with Crippen LogP contribution in [0.5, 0.6) is 0 Å². The maximum atomic E-state index is 5.48. The zero-order valence-electron chi connectivity index (χ0n) is 16.5. The lowest BCUT2D eigenvalue weighted by Gasteiger charge is -2.15. The lowest BCUT2D eigenvalue weighted by Crippen LogP contribution is -2.38. The zero-order valence-corrected chi connectivity index (χ0v) is 19.7. The number of ether oxygens (including phenoxy) is 2. The molecule has 0 amide bonds. The van der Waals surface area contributed by atoms with Gasteiger partial charge in [0.1, 0.15) is 0 Å². The summed E-state index contributed by atoms with van der Waals surface area (Å²) in [4.78, 5) is 6.17. The molecular weight excluding hydrogens is 473 g/mol. The number of aliphatic imine (C=N–C) groups is 1. The number of thioether (sulfide) groups is 1. The third-order valence-corrected chi connectivity index (χ3v) is 5.67. The molecule has 2 rings (SSSR count). The van der Waals surface area contributed by atoms with Crippen molar-refractivity contribution in [2.75, 3.05) is 46.6 Å². The van der Waals surface area contributed by atoms with E-state index in [0.29, 0.717) is 18.0 Å². The topological polar surface area (TPSA) is 54.9 Å². The van der Waals surface area contributed by atoms with Crippen LogP contribution in [0, 0.1) is 0 Å². The normalized spacial score (nSPS) is 15.1. The quantitative estimate of drug-likeness (QED) is 0.184. The van der Waals surface area contributed by atoms with E-state index in [1.54, 1.807) is 7.11 Å². The number of benzene rings is 1. The predicted molar refractivity (Wildman–Crippen MR) is 126 cm³/mol. The number of unbranched alkanes of at least 4 members (excludes halogenated alkanes) is 1. The Kier molecular flexibility index (Phi) is 13.2. The monoisotopic (exact) mass is 507 g/mol. The molecule has 0 radical (unpaired) electrons. The van der Waals surface area contributed by atoms with Gasteiger partial charge in [-0.1, -0.05) is 18.2 Å². The van der Waals surface area contributed by atoms with E-state index in [4.69, 9.17) is 14.5 Å². The van der Waals surface area contributed by atoms with Gasteiger partial charge in [0, 0.05) is 36.4 Å². The molecule has 0 atom stereocenters. The minimum atomic E-state index is 0. The highest BCUT2D eigenvalue weighted by Gasteiger charge is 2.43. The number of hydrogen-bond acceptors (Lipinski definition) is 4. The first-order valence-corrected chi connectivity index (χ1v) is 10.4. The molecule has 0 aliphatic heterocycles. The van der Waals surface area contributed by atoms with Gasteiger partial charge in [0.2, 0.25) is 0 Å². The summed E-state index contributed by atoms with van der Waals surface area (Å²) in [6.45, 7) is 6.89. The first kappa shape index (κ1) is 24.5. The Hall–Kier alpha value is -0.510. The summed E-state index contributed by atoms with van der Waals surface area (Å²) in [5.41, 5.74) is 0. The maximum absolute atomic E-state index is 5.48. The van der Waals surface area contributed by atoms with Crippen LogP contribution in [0.3, 0.4) is 0 Å². The smallest absolute Gasteiger partial charge is 0.191 e. The van der Waals surface area contributed by atoms with Gasteiger partial charge in [0.05, 0.1) is 19.8 Å². The van der Waals surface area contributed by atoms with Gasteiger partial charge in [-0.05, 0) is 44.7 Å². The fourth-order valence-corrected chi connectivity index (χ4v) is 3.74. The van der Waals surface area contributed by atoms with Crippen LogP contribution in [0.25, 0.3) is 0 Å². The molecule has 0 spiro atoms. The van der Waals surface area contributed by atoms with Crippen LogP contribution in [0.2, 0.25) is 0 Å². The number of nitrogens with zero attached hydrogens (tertiary/aromatic N) is 1. The highest BCUT2D eigenvalue weighted by molar-refractivity contribution is 14.0. The van der Waals surface area contributed by atoms with Gasteiger partial charge < -0.3 is 20.1 Å². The summed E-state index contributed by atoms with van der Waals surface area (Å²) in [7, 11) is 1.69. The molecule has 154 valence electrons. The molecule has 1 aliphatic carbocycles. The van der Waals surface area contributed by atoms with Crippen LogP contribution in [0.1, 0.15) is 32.6 Å². The average Bonchev–Trinajstić information content (AvgIpc) is 3.42. The third kappa shape index (κ3) is 10.6. The third-order valence-electron chi connectivity index (χ3n) is 4.19. The Bertz CT molecular complexity index is 527. The van der Waals surface area contributed by atoms with Gasteiger partial charge >= 0.3 is 0 Å².